The molecule has 1 aromatic carbocycles. The summed E-state index contributed by atoms with van der Waals surface area (Å²) in [6, 6.07) is 9.64. The van der Waals surface area contributed by atoms with E-state index < -0.39 is 0 Å². The molecule has 0 amide bonds. The molecule has 23 heavy (non-hydrogen) atoms. The monoisotopic (exact) mass is 390 g/mol. The lowest BCUT2D eigenvalue weighted by Crippen LogP contribution is -2.27. The highest BCUT2D eigenvalue weighted by Gasteiger charge is 2.15. The molecular formula is C15H11BrN4O2S. The Kier molecular flexibility index (Phi) is 3.42. The van der Waals surface area contributed by atoms with E-state index in [0.29, 0.717) is 12.2 Å². The van der Waals surface area contributed by atoms with Gasteiger partial charge in [-0.15, -0.1) is 11.3 Å². The maximum Gasteiger partial charge on any atom is 0.352 e. The predicted molar refractivity (Wildman–Crippen MR) is 92.4 cm³/mol. The van der Waals surface area contributed by atoms with Crippen LogP contribution in [0.5, 0.6) is 5.75 Å². The van der Waals surface area contributed by atoms with Gasteiger partial charge in [0.05, 0.1) is 22.8 Å². The number of thiophene rings is 1. The van der Waals surface area contributed by atoms with Crippen molar-refractivity contribution in [3.8, 4) is 5.75 Å². The van der Waals surface area contributed by atoms with Crippen molar-refractivity contribution in [2.24, 2.45) is 0 Å². The van der Waals surface area contributed by atoms with Gasteiger partial charge >= 0.3 is 5.69 Å². The molecule has 4 aromatic rings. The number of ether oxygens (including phenoxy) is 1. The second-order valence-corrected chi connectivity index (χ2v) is 7.39. The predicted octanol–water partition coefficient (Wildman–Crippen LogP) is 2.93. The number of hydrogen-bond donors (Lipinski definition) is 0. The van der Waals surface area contributed by atoms with Crippen LogP contribution in [0.2, 0.25) is 0 Å². The molecule has 0 radical (unpaired) electrons. The summed E-state index contributed by atoms with van der Waals surface area (Å²) in [4.78, 5) is 17.8. The minimum Gasteiger partial charge on any atom is -0.497 e. The molecule has 3 heterocycles. The Bertz CT molecular complexity index is 1060. The Morgan fingerprint density at radius 1 is 1.30 bits per heavy atom. The zero-order chi connectivity index (χ0) is 16.0. The molecule has 0 unspecified atom stereocenters. The van der Waals surface area contributed by atoms with Gasteiger partial charge in [0, 0.05) is 0 Å². The van der Waals surface area contributed by atoms with Crippen molar-refractivity contribution in [2.75, 3.05) is 7.11 Å². The molecule has 0 N–H and O–H groups in total. The van der Waals surface area contributed by atoms with Crippen molar-refractivity contribution in [3.63, 3.8) is 0 Å². The van der Waals surface area contributed by atoms with Gasteiger partial charge in [0.1, 0.15) is 16.9 Å². The van der Waals surface area contributed by atoms with Crippen LogP contribution < -0.4 is 10.4 Å². The lowest BCUT2D eigenvalue weighted by atomic mass is 10.2. The highest BCUT2D eigenvalue weighted by molar-refractivity contribution is 9.11. The molecule has 0 saturated heterocycles. The fourth-order valence-electron chi connectivity index (χ4n) is 2.53. The first-order valence-electron chi connectivity index (χ1n) is 6.82. The fourth-order valence-corrected chi connectivity index (χ4v) is 4.10. The molecule has 0 aliphatic carbocycles. The van der Waals surface area contributed by atoms with Crippen molar-refractivity contribution >= 4 is 43.1 Å². The number of benzene rings is 1. The van der Waals surface area contributed by atoms with Crippen LogP contribution in [0.4, 0.5) is 0 Å². The SMILES string of the molecule is COc1ccc(Cn2c(=O)n3ncnc3c3cc(Br)sc32)cc1. The van der Waals surface area contributed by atoms with E-state index in [9.17, 15) is 4.79 Å². The van der Waals surface area contributed by atoms with Crippen molar-refractivity contribution in [2.45, 2.75) is 6.54 Å². The average molecular weight is 391 g/mol. The summed E-state index contributed by atoms with van der Waals surface area (Å²) >= 11 is 5.00. The molecule has 0 aliphatic rings. The lowest BCUT2D eigenvalue weighted by molar-refractivity contribution is 0.414. The molecule has 0 bridgehead atoms. The highest BCUT2D eigenvalue weighted by Crippen LogP contribution is 2.31. The van der Waals surface area contributed by atoms with Crippen molar-refractivity contribution in [3.05, 3.63) is 56.5 Å². The third-order valence-corrected chi connectivity index (χ3v) is 5.29. The van der Waals surface area contributed by atoms with E-state index in [-0.39, 0.29) is 5.69 Å². The molecule has 116 valence electrons. The Morgan fingerprint density at radius 3 is 2.83 bits per heavy atom. The molecule has 6 nitrogen and oxygen atoms in total. The summed E-state index contributed by atoms with van der Waals surface area (Å²) < 4.78 is 9.17. The van der Waals surface area contributed by atoms with Crippen molar-refractivity contribution < 1.29 is 4.74 Å². The fraction of sp³-hybridized carbons (Fsp3) is 0.133. The van der Waals surface area contributed by atoms with Crippen LogP contribution in [0.25, 0.3) is 15.9 Å². The Labute approximate surface area is 143 Å². The van der Waals surface area contributed by atoms with E-state index in [1.165, 1.54) is 22.2 Å². The number of hydrogen-bond acceptors (Lipinski definition) is 5. The van der Waals surface area contributed by atoms with E-state index >= 15 is 0 Å². The van der Waals surface area contributed by atoms with Gasteiger partial charge in [0.25, 0.3) is 0 Å². The topological polar surface area (TPSA) is 61.4 Å². The van der Waals surface area contributed by atoms with Gasteiger partial charge < -0.3 is 4.74 Å². The van der Waals surface area contributed by atoms with Gasteiger partial charge in [-0.05, 0) is 39.7 Å². The third-order valence-electron chi connectivity index (χ3n) is 3.63. The number of rotatable bonds is 3. The zero-order valence-electron chi connectivity index (χ0n) is 12.1. The first-order chi connectivity index (χ1) is 11.2. The maximum absolute atomic E-state index is 12.7. The van der Waals surface area contributed by atoms with Crippen molar-refractivity contribution in [1.29, 1.82) is 0 Å². The van der Waals surface area contributed by atoms with Crippen LogP contribution in [0.1, 0.15) is 5.56 Å². The summed E-state index contributed by atoms with van der Waals surface area (Å²) in [5.41, 5.74) is 1.39. The quantitative estimate of drug-likeness (QED) is 0.539. The zero-order valence-corrected chi connectivity index (χ0v) is 14.5. The number of fused-ring (bicyclic) bond motifs is 3. The maximum atomic E-state index is 12.7. The van der Waals surface area contributed by atoms with E-state index in [4.69, 9.17) is 4.74 Å². The molecule has 8 heteroatoms. The molecule has 0 saturated carbocycles. The summed E-state index contributed by atoms with van der Waals surface area (Å²) in [6.45, 7) is 0.460. The summed E-state index contributed by atoms with van der Waals surface area (Å²) in [5.74, 6) is 0.789. The lowest BCUT2D eigenvalue weighted by Gasteiger charge is -2.09. The normalized spacial score (nSPS) is 11.4. The largest absolute Gasteiger partial charge is 0.497 e. The van der Waals surface area contributed by atoms with Crippen LogP contribution in [-0.2, 0) is 6.54 Å². The van der Waals surface area contributed by atoms with Crippen LogP contribution in [-0.4, -0.2) is 26.3 Å². The van der Waals surface area contributed by atoms with Crippen LogP contribution in [0.15, 0.2) is 45.2 Å². The van der Waals surface area contributed by atoms with E-state index in [2.05, 4.69) is 26.0 Å². The molecule has 0 aliphatic heterocycles. The summed E-state index contributed by atoms with van der Waals surface area (Å²) in [6.07, 6.45) is 1.40. The molecular weight excluding hydrogens is 380 g/mol. The third kappa shape index (κ3) is 2.34. The number of nitrogens with zero attached hydrogens (tertiary/aromatic N) is 4. The van der Waals surface area contributed by atoms with Gasteiger partial charge in [0.15, 0.2) is 5.65 Å². The molecule has 0 atom stereocenters. The number of halogens is 1. The first-order valence-corrected chi connectivity index (χ1v) is 8.43. The Morgan fingerprint density at radius 2 is 2.09 bits per heavy atom. The molecule has 0 fully saturated rings. The van der Waals surface area contributed by atoms with E-state index in [1.54, 1.807) is 11.7 Å². The number of aromatic nitrogens is 4. The molecule has 0 spiro atoms. The highest BCUT2D eigenvalue weighted by atomic mass is 79.9. The van der Waals surface area contributed by atoms with Gasteiger partial charge in [-0.25, -0.2) is 9.78 Å². The average Bonchev–Trinajstić information content (AvgIpc) is 3.18. The molecule has 4 rings (SSSR count). The smallest absolute Gasteiger partial charge is 0.352 e. The number of methoxy groups -OCH3 is 1. The minimum atomic E-state index is -0.199. The standard InChI is InChI=1S/C15H11BrN4O2S/c1-22-10-4-2-9(3-5-10)7-19-14-11(6-12(16)23-14)13-17-8-18-20(13)15(19)21/h2-6,8H,7H2,1H3. The molecule has 3 aromatic heterocycles. The van der Waals surface area contributed by atoms with Gasteiger partial charge in [-0.2, -0.15) is 9.61 Å². The van der Waals surface area contributed by atoms with Crippen LogP contribution in [0.3, 0.4) is 0 Å². The second-order valence-electron chi connectivity index (χ2n) is 4.98. The Hall–Kier alpha value is -2.19. The minimum absolute atomic E-state index is 0.199. The van der Waals surface area contributed by atoms with Crippen LogP contribution >= 0.6 is 27.3 Å². The van der Waals surface area contributed by atoms with Gasteiger partial charge in [-0.1, -0.05) is 12.1 Å². The van der Waals surface area contributed by atoms with E-state index in [0.717, 1.165) is 25.3 Å². The summed E-state index contributed by atoms with van der Waals surface area (Å²) in [5, 5.41) is 4.96. The Balaban J connectivity index is 1.92. The first kappa shape index (κ1) is 14.4. The van der Waals surface area contributed by atoms with Crippen LogP contribution in [0, 0.1) is 0 Å². The van der Waals surface area contributed by atoms with Crippen molar-refractivity contribution in [1.82, 2.24) is 19.2 Å². The van der Waals surface area contributed by atoms with E-state index in [1.807, 2.05) is 30.3 Å². The second kappa shape index (κ2) is 5.47. The van der Waals surface area contributed by atoms with Gasteiger partial charge in [0.2, 0.25) is 0 Å². The summed E-state index contributed by atoms with van der Waals surface area (Å²) in [7, 11) is 1.63. The van der Waals surface area contributed by atoms with Gasteiger partial charge in [-0.3, -0.25) is 4.57 Å².